The highest BCUT2D eigenvalue weighted by molar-refractivity contribution is 6.07. The maximum Gasteiger partial charge on any atom is 0.234 e. The Morgan fingerprint density at radius 2 is 1.12 bits per heavy atom. The zero-order valence-electron chi connectivity index (χ0n) is 9.31. The molecule has 0 atom stereocenters. The van der Waals surface area contributed by atoms with Crippen molar-refractivity contribution >= 4 is 28.6 Å². The summed E-state index contributed by atoms with van der Waals surface area (Å²) < 4.78 is 3.07. The fraction of sp³-hybridized carbons (Fsp3) is 0.667. The summed E-state index contributed by atoms with van der Waals surface area (Å²) in [6.07, 6.45) is 8.17. The van der Waals surface area contributed by atoms with Gasteiger partial charge in [-0.2, -0.15) is 0 Å². The van der Waals surface area contributed by atoms with E-state index in [2.05, 4.69) is 14.6 Å². The molecule has 6 nitrogen and oxygen atoms in total. The number of hydrogen-bond acceptors (Lipinski definition) is 6. The SMILES string of the molecule is O=C=NCCCCCCN=C=O.O=C=N[SiH3]. The Labute approximate surface area is 97.1 Å². The van der Waals surface area contributed by atoms with Gasteiger partial charge in [-0.1, -0.05) is 12.8 Å². The molecule has 0 saturated carbocycles. The van der Waals surface area contributed by atoms with E-state index in [1.165, 1.54) is 18.2 Å². The van der Waals surface area contributed by atoms with E-state index in [4.69, 9.17) is 4.79 Å². The first-order valence-corrected chi connectivity index (χ1v) is 5.76. The predicted octanol–water partition coefficient (Wildman–Crippen LogP) is -0.179. The van der Waals surface area contributed by atoms with Crippen LogP contribution in [0, 0.1) is 0 Å². The summed E-state index contributed by atoms with van der Waals surface area (Å²) in [5.41, 5.74) is 0. The Morgan fingerprint density at radius 3 is 1.38 bits per heavy atom. The number of nitrogens with zero attached hydrogens (tertiary/aromatic N) is 3. The molecule has 0 aromatic heterocycles. The first kappa shape index (κ1) is 16.8. The van der Waals surface area contributed by atoms with Crippen molar-refractivity contribution in [2.24, 2.45) is 14.6 Å². The molecule has 0 N–H and O–H groups in total. The van der Waals surface area contributed by atoms with Crippen LogP contribution in [0.25, 0.3) is 0 Å². The van der Waals surface area contributed by atoms with Gasteiger partial charge in [0, 0.05) is 0 Å². The molecular weight excluding hydrogens is 226 g/mol. The van der Waals surface area contributed by atoms with Crippen LogP contribution in [0.4, 0.5) is 0 Å². The molecule has 7 heteroatoms. The molecule has 0 aromatic rings. The molecule has 0 aliphatic heterocycles. The van der Waals surface area contributed by atoms with E-state index in [-0.39, 0.29) is 0 Å². The van der Waals surface area contributed by atoms with Gasteiger partial charge in [0.15, 0.2) is 10.4 Å². The lowest BCUT2D eigenvalue weighted by Crippen LogP contribution is -1.84. The molecule has 16 heavy (non-hydrogen) atoms. The summed E-state index contributed by atoms with van der Waals surface area (Å²) in [5.74, 6) is 0. The summed E-state index contributed by atoms with van der Waals surface area (Å²) in [6.45, 7) is 1.11. The maximum absolute atomic E-state index is 9.63. The summed E-state index contributed by atoms with van der Waals surface area (Å²) in [5, 5.41) is 0. The Kier molecular flexibility index (Phi) is 19.9. The number of hydrogen-bond donors (Lipinski definition) is 0. The lowest BCUT2D eigenvalue weighted by atomic mass is 10.2. The molecule has 0 rings (SSSR count). The predicted molar refractivity (Wildman–Crippen MR) is 62.5 cm³/mol. The monoisotopic (exact) mass is 241 g/mol. The van der Waals surface area contributed by atoms with Crippen LogP contribution >= 0.6 is 0 Å². The molecule has 0 saturated heterocycles. The van der Waals surface area contributed by atoms with Gasteiger partial charge in [0.25, 0.3) is 0 Å². The molecule has 0 unspecified atom stereocenters. The average molecular weight is 241 g/mol. The van der Waals surface area contributed by atoms with Crippen molar-refractivity contribution in [1.82, 2.24) is 0 Å². The topological polar surface area (TPSA) is 88.3 Å². The Bertz CT molecular complexity index is 268. The van der Waals surface area contributed by atoms with Crippen LogP contribution in [0.2, 0.25) is 0 Å². The maximum atomic E-state index is 9.63. The van der Waals surface area contributed by atoms with Crippen molar-refractivity contribution in [1.29, 1.82) is 0 Å². The molecule has 88 valence electrons. The van der Waals surface area contributed by atoms with E-state index in [0.29, 0.717) is 23.5 Å². The minimum Gasteiger partial charge on any atom is -0.260 e. The second-order valence-corrected chi connectivity index (χ2v) is 3.12. The van der Waals surface area contributed by atoms with Crippen LogP contribution in [0.15, 0.2) is 14.6 Å². The molecule has 0 fully saturated rings. The van der Waals surface area contributed by atoms with Gasteiger partial charge in [0.1, 0.15) is 0 Å². The zero-order chi connectivity index (χ0) is 12.5. The van der Waals surface area contributed by atoms with E-state index in [0.717, 1.165) is 25.7 Å². The smallest absolute Gasteiger partial charge is 0.234 e. The van der Waals surface area contributed by atoms with Crippen molar-refractivity contribution in [3.8, 4) is 0 Å². The van der Waals surface area contributed by atoms with Crippen molar-refractivity contribution in [3.05, 3.63) is 0 Å². The van der Waals surface area contributed by atoms with Gasteiger partial charge in [-0.3, -0.25) is 4.66 Å². The van der Waals surface area contributed by atoms with Crippen molar-refractivity contribution in [2.75, 3.05) is 13.1 Å². The molecule has 0 aliphatic rings. The third-order valence-corrected chi connectivity index (χ3v) is 1.69. The van der Waals surface area contributed by atoms with E-state index in [1.54, 1.807) is 0 Å². The van der Waals surface area contributed by atoms with Gasteiger partial charge >= 0.3 is 0 Å². The normalized spacial score (nSPS) is 7.50. The van der Waals surface area contributed by atoms with Gasteiger partial charge in [-0.25, -0.2) is 24.4 Å². The molecule has 0 spiro atoms. The van der Waals surface area contributed by atoms with Crippen LogP contribution in [0.5, 0.6) is 0 Å². The Hall–Kier alpha value is -1.64. The summed E-state index contributed by atoms with van der Waals surface area (Å²) in [7, 11) is 0.591. The van der Waals surface area contributed by atoms with E-state index in [1.807, 2.05) is 0 Å². The van der Waals surface area contributed by atoms with Gasteiger partial charge < -0.3 is 0 Å². The van der Waals surface area contributed by atoms with E-state index < -0.39 is 0 Å². The first-order chi connectivity index (χ1) is 7.83. The van der Waals surface area contributed by atoms with E-state index >= 15 is 0 Å². The fourth-order valence-electron chi connectivity index (χ4n) is 0.827. The van der Waals surface area contributed by atoms with Gasteiger partial charge in [0.2, 0.25) is 18.2 Å². The van der Waals surface area contributed by atoms with Crippen molar-refractivity contribution in [3.63, 3.8) is 0 Å². The number of rotatable bonds is 7. The van der Waals surface area contributed by atoms with Gasteiger partial charge in [0.05, 0.1) is 13.1 Å². The molecule has 0 radical (unpaired) electrons. The Morgan fingerprint density at radius 1 is 0.750 bits per heavy atom. The van der Waals surface area contributed by atoms with Crippen LogP contribution in [-0.4, -0.2) is 41.7 Å². The first-order valence-electron chi connectivity index (χ1n) is 4.86. The fourth-order valence-corrected chi connectivity index (χ4v) is 0.827. The molecule has 0 amide bonds. The van der Waals surface area contributed by atoms with Gasteiger partial charge in [-0.15, -0.1) is 0 Å². The number of isocyanates is 3. The second-order valence-electron chi connectivity index (χ2n) is 2.68. The molecule has 0 heterocycles. The molecular formula is C9H15N3O3Si. The molecule has 0 aliphatic carbocycles. The highest BCUT2D eigenvalue weighted by Crippen LogP contribution is 1.99. The Balaban J connectivity index is 0. The van der Waals surface area contributed by atoms with Gasteiger partial charge in [-0.05, 0) is 12.8 Å². The van der Waals surface area contributed by atoms with Crippen LogP contribution < -0.4 is 0 Å². The van der Waals surface area contributed by atoms with Crippen molar-refractivity contribution < 1.29 is 14.4 Å². The minimum atomic E-state index is 0.556. The highest BCUT2D eigenvalue weighted by atomic mass is 28.2. The second kappa shape index (κ2) is 19.0. The van der Waals surface area contributed by atoms with Crippen LogP contribution in [0.3, 0.4) is 0 Å². The quantitative estimate of drug-likeness (QED) is 0.268. The molecule has 0 aromatic carbocycles. The number of aliphatic imine (C=N–C) groups is 2. The zero-order valence-corrected chi connectivity index (χ0v) is 11.3. The number of carbonyl (C=O) groups excluding carboxylic acids is 3. The largest absolute Gasteiger partial charge is 0.260 e. The summed E-state index contributed by atoms with van der Waals surface area (Å²) >= 11 is 0. The highest BCUT2D eigenvalue weighted by Gasteiger charge is 1.87. The third-order valence-electron chi connectivity index (χ3n) is 1.51. The average Bonchev–Trinajstić information content (AvgIpc) is 2.33. The third kappa shape index (κ3) is 22.8. The summed E-state index contributed by atoms with van der Waals surface area (Å²) in [6, 6.07) is 0. The lowest BCUT2D eigenvalue weighted by molar-refractivity contribution is 0.558. The minimum absolute atomic E-state index is 0.556. The lowest BCUT2D eigenvalue weighted by Gasteiger charge is -1.93. The summed E-state index contributed by atoms with van der Waals surface area (Å²) in [4.78, 5) is 35.0. The molecule has 0 bridgehead atoms. The van der Waals surface area contributed by atoms with Crippen molar-refractivity contribution in [2.45, 2.75) is 25.7 Å². The van der Waals surface area contributed by atoms with Crippen LogP contribution in [-0.2, 0) is 14.4 Å². The van der Waals surface area contributed by atoms with Crippen LogP contribution in [0.1, 0.15) is 25.7 Å². The standard InChI is InChI=1S/C8H12N2O2.CH3NOSi/c11-7-9-5-3-1-2-4-6-10-8-12;3-1-2-4/h1-6H2;4H3. The number of unbranched alkanes of at least 4 members (excludes halogenated alkanes) is 3. The van der Waals surface area contributed by atoms with E-state index in [9.17, 15) is 9.59 Å².